The van der Waals surface area contributed by atoms with Crippen molar-refractivity contribution in [3.8, 4) is 5.75 Å². The molecule has 1 aromatic rings. The zero-order chi connectivity index (χ0) is 10.8. The summed E-state index contributed by atoms with van der Waals surface area (Å²) in [7, 11) is 1.53. The fourth-order valence-electron chi connectivity index (χ4n) is 2.29. The van der Waals surface area contributed by atoms with Crippen LogP contribution in [0.3, 0.4) is 0 Å². The number of halogens is 1. The zero-order valence-corrected chi connectivity index (χ0v) is 9.14. The number of benzene rings is 1. The van der Waals surface area contributed by atoms with E-state index in [2.05, 4.69) is 5.32 Å². The van der Waals surface area contributed by atoms with Crippen molar-refractivity contribution < 1.29 is 9.13 Å². The molecule has 15 heavy (non-hydrogen) atoms. The Hall–Kier alpha value is -1.09. The largest absolute Gasteiger partial charge is 0.493 e. The summed E-state index contributed by atoms with van der Waals surface area (Å²) < 4.78 is 18.7. The molecule has 2 rings (SSSR count). The van der Waals surface area contributed by atoms with Crippen LogP contribution in [0, 0.1) is 12.7 Å². The molecule has 0 saturated carbocycles. The Morgan fingerprint density at radius 2 is 2.27 bits per heavy atom. The average molecular weight is 209 g/mol. The summed E-state index contributed by atoms with van der Waals surface area (Å²) in [6.07, 6.45) is 1.06. The fourth-order valence-corrected chi connectivity index (χ4v) is 2.29. The first-order chi connectivity index (χ1) is 7.24. The molecule has 0 bridgehead atoms. The highest BCUT2D eigenvalue weighted by Crippen LogP contribution is 2.35. The molecule has 1 heterocycles. The van der Waals surface area contributed by atoms with Crippen LogP contribution in [-0.2, 0) is 0 Å². The second-order valence-corrected chi connectivity index (χ2v) is 4.00. The summed E-state index contributed by atoms with van der Waals surface area (Å²) in [5, 5.41) is 3.29. The molecule has 3 heteroatoms. The molecular weight excluding hydrogens is 193 g/mol. The van der Waals surface area contributed by atoms with Gasteiger partial charge in [0.2, 0.25) is 0 Å². The van der Waals surface area contributed by atoms with Crippen molar-refractivity contribution in [2.75, 3.05) is 20.2 Å². The third-order valence-corrected chi connectivity index (χ3v) is 3.04. The molecule has 0 aromatic heterocycles. The van der Waals surface area contributed by atoms with Crippen molar-refractivity contribution in [3.63, 3.8) is 0 Å². The molecule has 1 unspecified atom stereocenters. The SMILES string of the molecule is COc1c(F)ccc(C)c1C1CCNC1. The fraction of sp³-hybridized carbons (Fsp3) is 0.500. The number of aryl methyl sites for hydroxylation is 1. The number of nitrogens with one attached hydrogen (secondary N) is 1. The summed E-state index contributed by atoms with van der Waals surface area (Å²) in [4.78, 5) is 0. The van der Waals surface area contributed by atoms with Gasteiger partial charge in [0, 0.05) is 18.0 Å². The Morgan fingerprint density at radius 3 is 2.87 bits per heavy atom. The molecule has 1 saturated heterocycles. The van der Waals surface area contributed by atoms with E-state index in [4.69, 9.17) is 4.74 Å². The van der Waals surface area contributed by atoms with Crippen molar-refractivity contribution >= 4 is 0 Å². The van der Waals surface area contributed by atoms with Crippen LogP contribution in [0.25, 0.3) is 0 Å². The van der Waals surface area contributed by atoms with Gasteiger partial charge >= 0.3 is 0 Å². The van der Waals surface area contributed by atoms with Crippen molar-refractivity contribution in [2.45, 2.75) is 19.3 Å². The maximum Gasteiger partial charge on any atom is 0.165 e. The van der Waals surface area contributed by atoms with E-state index >= 15 is 0 Å². The minimum absolute atomic E-state index is 0.259. The highest BCUT2D eigenvalue weighted by Gasteiger charge is 2.23. The minimum atomic E-state index is -0.259. The van der Waals surface area contributed by atoms with E-state index in [1.165, 1.54) is 13.2 Å². The first-order valence-electron chi connectivity index (χ1n) is 5.27. The molecule has 1 aromatic carbocycles. The Kier molecular flexibility index (Phi) is 2.91. The van der Waals surface area contributed by atoms with Crippen LogP contribution in [0.5, 0.6) is 5.75 Å². The summed E-state index contributed by atoms with van der Waals surface area (Å²) in [6, 6.07) is 3.30. The summed E-state index contributed by atoms with van der Waals surface area (Å²) in [5.74, 6) is 0.546. The van der Waals surface area contributed by atoms with E-state index in [1.807, 2.05) is 13.0 Å². The lowest BCUT2D eigenvalue weighted by Gasteiger charge is -2.17. The third kappa shape index (κ3) is 1.84. The van der Waals surface area contributed by atoms with Gasteiger partial charge in [0.15, 0.2) is 11.6 Å². The molecule has 0 aliphatic carbocycles. The molecule has 1 fully saturated rings. The highest BCUT2D eigenvalue weighted by molar-refractivity contribution is 5.44. The lowest BCUT2D eigenvalue weighted by molar-refractivity contribution is 0.377. The van der Waals surface area contributed by atoms with Gasteiger partial charge in [0.1, 0.15) is 0 Å². The minimum Gasteiger partial charge on any atom is -0.493 e. The van der Waals surface area contributed by atoms with Gasteiger partial charge in [-0.15, -0.1) is 0 Å². The molecule has 1 N–H and O–H groups in total. The van der Waals surface area contributed by atoms with Crippen LogP contribution in [0.2, 0.25) is 0 Å². The Bertz CT molecular complexity index is 359. The second-order valence-electron chi connectivity index (χ2n) is 4.00. The lowest BCUT2D eigenvalue weighted by Crippen LogP contribution is -2.10. The molecule has 1 aliphatic rings. The van der Waals surface area contributed by atoms with Crippen LogP contribution in [0.4, 0.5) is 4.39 Å². The smallest absolute Gasteiger partial charge is 0.165 e. The quantitative estimate of drug-likeness (QED) is 0.806. The molecule has 2 nitrogen and oxygen atoms in total. The van der Waals surface area contributed by atoms with Gasteiger partial charge < -0.3 is 10.1 Å². The molecule has 0 amide bonds. The van der Waals surface area contributed by atoms with Gasteiger partial charge in [0.25, 0.3) is 0 Å². The van der Waals surface area contributed by atoms with E-state index in [0.717, 1.165) is 30.6 Å². The normalized spacial score (nSPS) is 20.6. The van der Waals surface area contributed by atoms with Crippen molar-refractivity contribution in [1.82, 2.24) is 5.32 Å². The number of hydrogen-bond acceptors (Lipinski definition) is 2. The molecule has 1 atom stereocenters. The van der Waals surface area contributed by atoms with E-state index < -0.39 is 0 Å². The van der Waals surface area contributed by atoms with Crippen molar-refractivity contribution in [2.24, 2.45) is 0 Å². The number of methoxy groups -OCH3 is 1. The van der Waals surface area contributed by atoms with Crippen LogP contribution in [0.1, 0.15) is 23.5 Å². The van der Waals surface area contributed by atoms with Gasteiger partial charge in [0.05, 0.1) is 7.11 Å². The predicted molar refractivity (Wildman–Crippen MR) is 57.9 cm³/mol. The number of rotatable bonds is 2. The zero-order valence-electron chi connectivity index (χ0n) is 9.14. The Morgan fingerprint density at radius 1 is 1.47 bits per heavy atom. The van der Waals surface area contributed by atoms with Gasteiger partial charge in [-0.05, 0) is 31.5 Å². The van der Waals surface area contributed by atoms with E-state index in [-0.39, 0.29) is 5.82 Å². The maximum atomic E-state index is 13.5. The van der Waals surface area contributed by atoms with Crippen molar-refractivity contribution in [3.05, 3.63) is 29.1 Å². The summed E-state index contributed by atoms with van der Waals surface area (Å²) >= 11 is 0. The first-order valence-corrected chi connectivity index (χ1v) is 5.27. The Labute approximate surface area is 89.4 Å². The van der Waals surface area contributed by atoms with Gasteiger partial charge in [-0.1, -0.05) is 6.07 Å². The second kappa shape index (κ2) is 4.19. The van der Waals surface area contributed by atoms with Crippen LogP contribution < -0.4 is 10.1 Å². The van der Waals surface area contributed by atoms with E-state index in [9.17, 15) is 4.39 Å². The summed E-state index contributed by atoms with van der Waals surface area (Å²) in [6.45, 7) is 3.93. The third-order valence-electron chi connectivity index (χ3n) is 3.04. The number of hydrogen-bond donors (Lipinski definition) is 1. The molecule has 1 aliphatic heterocycles. The summed E-state index contributed by atoms with van der Waals surface area (Å²) in [5.41, 5.74) is 2.14. The number of ether oxygens (including phenoxy) is 1. The highest BCUT2D eigenvalue weighted by atomic mass is 19.1. The van der Waals surface area contributed by atoms with Crippen LogP contribution in [-0.4, -0.2) is 20.2 Å². The van der Waals surface area contributed by atoms with Gasteiger partial charge in [-0.2, -0.15) is 0 Å². The van der Waals surface area contributed by atoms with Gasteiger partial charge in [-0.3, -0.25) is 0 Å². The first kappa shape index (κ1) is 10.4. The standard InChI is InChI=1S/C12H16FNO/c1-8-3-4-10(13)12(15-2)11(8)9-5-6-14-7-9/h3-4,9,14H,5-7H2,1-2H3. The topological polar surface area (TPSA) is 21.3 Å². The molecule has 82 valence electrons. The lowest BCUT2D eigenvalue weighted by atomic mass is 9.93. The van der Waals surface area contributed by atoms with Crippen LogP contribution in [0.15, 0.2) is 12.1 Å². The average Bonchev–Trinajstić information content (AvgIpc) is 2.74. The van der Waals surface area contributed by atoms with E-state index in [0.29, 0.717) is 11.7 Å². The predicted octanol–water partition coefficient (Wildman–Crippen LogP) is 2.22. The van der Waals surface area contributed by atoms with Gasteiger partial charge in [-0.25, -0.2) is 4.39 Å². The van der Waals surface area contributed by atoms with Crippen LogP contribution >= 0.6 is 0 Å². The molecule has 0 spiro atoms. The Balaban J connectivity index is 2.46. The van der Waals surface area contributed by atoms with Crippen molar-refractivity contribution in [1.29, 1.82) is 0 Å². The van der Waals surface area contributed by atoms with E-state index in [1.54, 1.807) is 0 Å². The monoisotopic (exact) mass is 209 g/mol. The molecular formula is C12H16FNO. The maximum absolute atomic E-state index is 13.5. The molecule has 0 radical (unpaired) electrons.